The lowest BCUT2D eigenvalue weighted by Gasteiger charge is -2.28. The summed E-state index contributed by atoms with van der Waals surface area (Å²) < 4.78 is 5.02. The Morgan fingerprint density at radius 1 is 1.17 bits per heavy atom. The third kappa shape index (κ3) is 5.62. The summed E-state index contributed by atoms with van der Waals surface area (Å²) in [6, 6.07) is -3.10. The minimum Gasteiger partial charge on any atom is -0.548 e. The summed E-state index contributed by atoms with van der Waals surface area (Å²) in [5.74, 6) is -4.45. The molecule has 0 amide bonds. The molecule has 104 valence electrons. The molecule has 1 N–H and O–H groups in total. The molecule has 0 aliphatic heterocycles. The molecule has 0 aliphatic rings. The Kier molecular flexibility index (Phi) is 5.77. The summed E-state index contributed by atoms with van der Waals surface area (Å²) in [7, 11) is 0. The maximum atomic E-state index is 11.7. The van der Waals surface area contributed by atoms with E-state index in [1.165, 1.54) is 0 Å². The van der Waals surface area contributed by atoms with E-state index in [4.69, 9.17) is 4.74 Å². The average molecular weight is 259 g/mol. The van der Waals surface area contributed by atoms with Crippen LogP contribution in [0.1, 0.15) is 34.1 Å². The van der Waals surface area contributed by atoms with Crippen molar-refractivity contribution in [3.05, 3.63) is 0 Å². The molecule has 0 spiro atoms. The van der Waals surface area contributed by atoms with E-state index in [9.17, 15) is 24.6 Å². The minimum atomic E-state index is -2.05. The molecule has 0 aromatic carbocycles. The van der Waals surface area contributed by atoms with Gasteiger partial charge in [-0.05, 0) is 27.2 Å². The van der Waals surface area contributed by atoms with Gasteiger partial charge in [0.1, 0.15) is 11.6 Å². The molecule has 0 saturated heterocycles. The van der Waals surface area contributed by atoms with Crippen molar-refractivity contribution in [3.8, 4) is 0 Å². The van der Waals surface area contributed by atoms with Gasteiger partial charge in [0, 0.05) is 0 Å². The maximum Gasteiger partial charge on any atom is 0.323 e. The summed E-state index contributed by atoms with van der Waals surface area (Å²) in [6.45, 7) is 6.52. The second-order valence-electron chi connectivity index (χ2n) is 4.73. The first-order valence-electron chi connectivity index (χ1n) is 5.49. The Labute approximate surface area is 105 Å². The molecule has 0 aromatic rings. The molecular formula is C11H17NO6-2. The van der Waals surface area contributed by atoms with Crippen LogP contribution in [0.15, 0.2) is 0 Å². The first-order chi connectivity index (χ1) is 8.08. The summed E-state index contributed by atoms with van der Waals surface area (Å²) in [5, 5.41) is 23.2. The fourth-order valence-corrected chi connectivity index (χ4v) is 1.16. The van der Waals surface area contributed by atoms with Crippen LogP contribution >= 0.6 is 0 Å². The van der Waals surface area contributed by atoms with Crippen molar-refractivity contribution in [3.63, 3.8) is 0 Å². The van der Waals surface area contributed by atoms with Crippen molar-refractivity contribution in [1.82, 2.24) is 5.32 Å². The van der Waals surface area contributed by atoms with E-state index in [1.807, 2.05) is 0 Å². The van der Waals surface area contributed by atoms with Crippen LogP contribution in [-0.4, -0.2) is 35.6 Å². The average Bonchev–Trinajstić information content (AvgIpc) is 2.14. The van der Waals surface area contributed by atoms with Crippen molar-refractivity contribution in [2.45, 2.75) is 51.8 Å². The normalized spacial score (nSPS) is 13.2. The molecule has 0 bridgehead atoms. The van der Waals surface area contributed by atoms with E-state index >= 15 is 0 Å². The lowest BCUT2D eigenvalue weighted by Crippen LogP contribution is -2.60. The Morgan fingerprint density at radius 2 is 1.61 bits per heavy atom. The number of rotatable bonds is 6. The molecular weight excluding hydrogens is 242 g/mol. The van der Waals surface area contributed by atoms with Crippen molar-refractivity contribution >= 4 is 17.9 Å². The number of carboxylic acids is 2. The van der Waals surface area contributed by atoms with Crippen LogP contribution in [0.2, 0.25) is 0 Å². The van der Waals surface area contributed by atoms with Crippen LogP contribution in [0.4, 0.5) is 0 Å². The fourth-order valence-electron chi connectivity index (χ4n) is 1.16. The van der Waals surface area contributed by atoms with E-state index < -0.39 is 35.6 Å². The number of hydrogen-bond acceptors (Lipinski definition) is 7. The number of esters is 1. The second kappa shape index (κ2) is 6.34. The van der Waals surface area contributed by atoms with Gasteiger partial charge < -0.3 is 24.5 Å². The number of aliphatic carboxylic acids is 2. The molecule has 0 aromatic heterocycles. The van der Waals surface area contributed by atoms with Gasteiger partial charge in [-0.2, -0.15) is 0 Å². The van der Waals surface area contributed by atoms with E-state index in [-0.39, 0.29) is 6.42 Å². The molecule has 18 heavy (non-hydrogen) atoms. The zero-order chi connectivity index (χ0) is 14.5. The zero-order valence-corrected chi connectivity index (χ0v) is 10.8. The van der Waals surface area contributed by atoms with Crippen molar-refractivity contribution in [2.24, 2.45) is 0 Å². The largest absolute Gasteiger partial charge is 0.548 e. The highest BCUT2D eigenvalue weighted by atomic mass is 16.6. The number of hydrogen-bond donors (Lipinski definition) is 1. The third-order valence-electron chi connectivity index (χ3n) is 1.94. The van der Waals surface area contributed by atoms with E-state index in [2.05, 4.69) is 5.32 Å². The van der Waals surface area contributed by atoms with Gasteiger partial charge in [0.2, 0.25) is 0 Å². The van der Waals surface area contributed by atoms with E-state index in [0.29, 0.717) is 0 Å². The Bertz CT molecular complexity index is 319. The van der Waals surface area contributed by atoms with Gasteiger partial charge in [0.05, 0.1) is 18.0 Å². The fraction of sp³-hybridized carbons (Fsp3) is 0.727. The van der Waals surface area contributed by atoms with Gasteiger partial charge in [-0.25, -0.2) is 0 Å². The van der Waals surface area contributed by atoms with E-state index in [0.717, 1.165) is 0 Å². The SMILES string of the molecule is CCC(NC(C(=O)[O-])C(=O)[O-])C(=O)OC(C)(C)C. The van der Waals surface area contributed by atoms with Crippen LogP contribution in [0.5, 0.6) is 0 Å². The molecule has 7 nitrogen and oxygen atoms in total. The maximum absolute atomic E-state index is 11.7. The lowest BCUT2D eigenvalue weighted by atomic mass is 10.1. The highest BCUT2D eigenvalue weighted by Crippen LogP contribution is 2.10. The van der Waals surface area contributed by atoms with Crippen molar-refractivity contribution in [1.29, 1.82) is 0 Å². The van der Waals surface area contributed by atoms with Gasteiger partial charge in [-0.15, -0.1) is 0 Å². The van der Waals surface area contributed by atoms with Gasteiger partial charge in [0.15, 0.2) is 0 Å². The van der Waals surface area contributed by atoms with Crippen molar-refractivity contribution in [2.75, 3.05) is 0 Å². The van der Waals surface area contributed by atoms with Gasteiger partial charge in [0.25, 0.3) is 0 Å². The molecule has 0 radical (unpaired) electrons. The molecule has 1 atom stereocenters. The molecule has 0 fully saturated rings. The molecule has 0 aliphatic carbocycles. The monoisotopic (exact) mass is 259 g/mol. The van der Waals surface area contributed by atoms with E-state index in [1.54, 1.807) is 27.7 Å². The summed E-state index contributed by atoms with van der Waals surface area (Å²) in [5.41, 5.74) is -0.745. The van der Waals surface area contributed by atoms with Gasteiger partial charge >= 0.3 is 5.97 Å². The number of carboxylic acid groups (broad SMARTS) is 2. The smallest absolute Gasteiger partial charge is 0.323 e. The zero-order valence-electron chi connectivity index (χ0n) is 10.8. The Morgan fingerprint density at radius 3 is 1.89 bits per heavy atom. The second-order valence-corrected chi connectivity index (χ2v) is 4.73. The van der Waals surface area contributed by atoms with Gasteiger partial charge in [-0.3, -0.25) is 10.1 Å². The number of ether oxygens (including phenoxy) is 1. The van der Waals surface area contributed by atoms with Crippen LogP contribution in [0, 0.1) is 0 Å². The van der Waals surface area contributed by atoms with Crippen LogP contribution in [0.3, 0.4) is 0 Å². The standard InChI is InChI=1S/C11H19NO6/c1-5-6(10(17)18-11(2,3)4)12-7(8(13)14)9(15)16/h6-7,12H,5H2,1-4H3,(H,13,14)(H,15,16)/p-2. The molecule has 0 rings (SSSR count). The van der Waals surface area contributed by atoms with Crippen LogP contribution in [0.25, 0.3) is 0 Å². The third-order valence-corrected chi connectivity index (χ3v) is 1.94. The first-order valence-corrected chi connectivity index (χ1v) is 5.49. The molecule has 7 heteroatoms. The first kappa shape index (κ1) is 16.4. The predicted molar refractivity (Wildman–Crippen MR) is 56.9 cm³/mol. The molecule has 1 unspecified atom stereocenters. The number of carbonyl (C=O) groups excluding carboxylic acids is 3. The highest BCUT2D eigenvalue weighted by molar-refractivity contribution is 5.95. The Hall–Kier alpha value is -1.63. The van der Waals surface area contributed by atoms with Crippen LogP contribution in [-0.2, 0) is 19.1 Å². The quantitative estimate of drug-likeness (QED) is 0.416. The molecule has 0 heterocycles. The summed E-state index contributed by atoms with van der Waals surface area (Å²) >= 11 is 0. The van der Waals surface area contributed by atoms with Crippen molar-refractivity contribution < 1.29 is 29.3 Å². The number of carbonyl (C=O) groups is 3. The molecule has 0 saturated carbocycles. The lowest BCUT2D eigenvalue weighted by molar-refractivity contribution is -0.327. The summed E-state index contributed by atoms with van der Waals surface area (Å²) in [4.78, 5) is 32.8. The van der Waals surface area contributed by atoms with Crippen LogP contribution < -0.4 is 15.5 Å². The number of nitrogens with one attached hydrogen (secondary N) is 1. The Balaban J connectivity index is 4.73. The highest BCUT2D eigenvalue weighted by Gasteiger charge is 2.26. The minimum absolute atomic E-state index is 0.173. The predicted octanol–water partition coefficient (Wildman–Crippen LogP) is -2.44. The summed E-state index contributed by atoms with van der Waals surface area (Å²) in [6.07, 6.45) is 0.173. The topological polar surface area (TPSA) is 119 Å². The van der Waals surface area contributed by atoms with Gasteiger partial charge in [-0.1, -0.05) is 6.92 Å².